The Balaban J connectivity index is 2.31. The Hall–Kier alpha value is -3.18. The van der Waals surface area contributed by atoms with Gasteiger partial charge in [-0.15, -0.1) is 0 Å². The molecule has 3 rings (SSSR count). The molecule has 0 unspecified atom stereocenters. The quantitative estimate of drug-likeness (QED) is 0.643. The van der Waals surface area contributed by atoms with Gasteiger partial charge >= 0.3 is 8.56 Å². The third-order valence-corrected chi connectivity index (χ3v) is 7.48. The second-order valence-corrected chi connectivity index (χ2v) is 8.84. The van der Waals surface area contributed by atoms with Crippen molar-refractivity contribution in [3.8, 4) is 11.1 Å². The highest BCUT2D eigenvalue weighted by molar-refractivity contribution is 6.95. The Morgan fingerprint density at radius 3 is 1.70 bits per heavy atom. The van der Waals surface area contributed by atoms with Crippen LogP contribution in [-0.2, 0) is 18.4 Å². The summed E-state index contributed by atoms with van der Waals surface area (Å²) in [6.45, 7) is 2.67. The molecule has 0 amide bonds. The minimum absolute atomic E-state index is 0.491. The summed E-state index contributed by atoms with van der Waals surface area (Å²) >= 11 is 0. The molecule has 0 radical (unpaired) electrons. The minimum Gasteiger partial charge on any atom is -0.479 e. The lowest BCUT2D eigenvalue weighted by molar-refractivity contribution is -0.138. The predicted molar refractivity (Wildman–Crippen MR) is 107 cm³/mol. The molecule has 0 bridgehead atoms. The molecule has 5 heteroatoms. The number of hydrogen-bond acceptors (Lipinski definition) is 4. The number of rotatable bonds is 5. The fourth-order valence-corrected chi connectivity index (χ4v) is 6.25. The highest BCUT2D eigenvalue weighted by atomic mass is 28.4. The third-order valence-electron chi connectivity index (χ3n) is 4.10. The fraction of sp³-hybridized carbons (Fsp3) is 0.0909. The molecular formula is C22H20O4Si. The Labute approximate surface area is 159 Å². The Morgan fingerprint density at radius 1 is 0.667 bits per heavy atom. The van der Waals surface area contributed by atoms with Gasteiger partial charge in [0.1, 0.15) is 0 Å². The van der Waals surface area contributed by atoms with Crippen LogP contribution in [0, 0.1) is 0 Å². The number of hydrogen-bond donors (Lipinski definition) is 0. The van der Waals surface area contributed by atoms with Crippen molar-refractivity contribution in [3.63, 3.8) is 0 Å². The average molecular weight is 376 g/mol. The smallest absolute Gasteiger partial charge is 0.479 e. The molecule has 0 atom stereocenters. The molecule has 0 aliphatic carbocycles. The molecule has 0 fully saturated rings. The van der Waals surface area contributed by atoms with Crippen LogP contribution in [-0.4, -0.2) is 20.5 Å². The zero-order valence-electron chi connectivity index (χ0n) is 15.2. The van der Waals surface area contributed by atoms with Crippen LogP contribution in [0.3, 0.4) is 0 Å². The summed E-state index contributed by atoms with van der Waals surface area (Å²) in [5.41, 5.74) is 1.83. The Morgan fingerprint density at radius 2 is 1.15 bits per heavy atom. The van der Waals surface area contributed by atoms with Crippen molar-refractivity contribution in [2.24, 2.45) is 0 Å². The molecule has 27 heavy (non-hydrogen) atoms. The molecule has 3 aromatic rings. The first-order chi connectivity index (χ1) is 13.0. The van der Waals surface area contributed by atoms with E-state index in [0.29, 0.717) is 10.4 Å². The summed E-state index contributed by atoms with van der Waals surface area (Å²) in [5, 5.41) is 1.41. The molecule has 0 aliphatic heterocycles. The maximum absolute atomic E-state index is 12.1. The van der Waals surface area contributed by atoms with Crippen molar-refractivity contribution in [2.45, 2.75) is 13.8 Å². The molecule has 0 aromatic heterocycles. The van der Waals surface area contributed by atoms with E-state index >= 15 is 0 Å². The van der Waals surface area contributed by atoms with Crippen molar-refractivity contribution in [1.82, 2.24) is 0 Å². The van der Waals surface area contributed by atoms with Crippen LogP contribution >= 0.6 is 0 Å². The lowest BCUT2D eigenvalue weighted by atomic mass is 10.1. The van der Waals surface area contributed by atoms with Crippen LogP contribution in [0.5, 0.6) is 0 Å². The number of carbonyl (C=O) groups is 2. The van der Waals surface area contributed by atoms with Crippen molar-refractivity contribution in [1.29, 1.82) is 0 Å². The van der Waals surface area contributed by atoms with E-state index in [1.54, 1.807) is 0 Å². The van der Waals surface area contributed by atoms with Crippen LogP contribution in [0.1, 0.15) is 13.8 Å². The first kappa shape index (κ1) is 18.6. The van der Waals surface area contributed by atoms with Crippen LogP contribution in [0.2, 0.25) is 0 Å². The van der Waals surface area contributed by atoms with E-state index in [4.69, 9.17) is 8.85 Å². The minimum atomic E-state index is -3.60. The highest BCUT2D eigenvalue weighted by Gasteiger charge is 2.50. The van der Waals surface area contributed by atoms with Crippen molar-refractivity contribution in [2.75, 3.05) is 0 Å². The van der Waals surface area contributed by atoms with Gasteiger partial charge in [0.25, 0.3) is 11.9 Å². The second-order valence-electron chi connectivity index (χ2n) is 6.08. The van der Waals surface area contributed by atoms with Crippen LogP contribution in [0.15, 0.2) is 84.9 Å². The Bertz CT molecular complexity index is 923. The first-order valence-electron chi connectivity index (χ1n) is 8.62. The molecule has 0 aliphatic rings. The van der Waals surface area contributed by atoms with Crippen molar-refractivity contribution >= 4 is 30.9 Å². The molecule has 0 N–H and O–H groups in total. The average Bonchev–Trinajstić information content (AvgIpc) is 2.68. The van der Waals surface area contributed by atoms with Crippen LogP contribution in [0.4, 0.5) is 0 Å². The first-order valence-corrected chi connectivity index (χ1v) is 10.4. The summed E-state index contributed by atoms with van der Waals surface area (Å²) in [5.74, 6) is -0.982. The van der Waals surface area contributed by atoms with Crippen LogP contribution in [0.25, 0.3) is 11.1 Å². The molecule has 0 saturated carbocycles. The van der Waals surface area contributed by atoms with E-state index < -0.39 is 20.5 Å². The number of benzene rings is 3. The van der Waals surface area contributed by atoms with E-state index in [2.05, 4.69) is 0 Å². The highest BCUT2D eigenvalue weighted by Crippen LogP contribution is 2.22. The Kier molecular flexibility index (Phi) is 5.52. The van der Waals surface area contributed by atoms with Gasteiger partial charge in [-0.3, -0.25) is 9.59 Å². The summed E-state index contributed by atoms with van der Waals surface area (Å²) < 4.78 is 11.7. The van der Waals surface area contributed by atoms with E-state index in [9.17, 15) is 9.59 Å². The van der Waals surface area contributed by atoms with Gasteiger partial charge in [-0.2, -0.15) is 0 Å². The van der Waals surface area contributed by atoms with Gasteiger partial charge in [0.05, 0.1) is 0 Å². The van der Waals surface area contributed by atoms with Gasteiger partial charge in [0.2, 0.25) is 0 Å². The van der Waals surface area contributed by atoms with Gasteiger partial charge in [-0.05, 0) is 11.1 Å². The normalized spacial score (nSPS) is 10.9. The lowest BCUT2D eigenvalue weighted by Crippen LogP contribution is -2.65. The van der Waals surface area contributed by atoms with E-state index in [1.165, 1.54) is 13.8 Å². The molecule has 136 valence electrons. The predicted octanol–water partition coefficient (Wildman–Crippen LogP) is 3.04. The van der Waals surface area contributed by atoms with E-state index in [-0.39, 0.29) is 0 Å². The van der Waals surface area contributed by atoms with Gasteiger partial charge in [0.15, 0.2) is 0 Å². The summed E-state index contributed by atoms with van der Waals surface area (Å²) in [4.78, 5) is 24.1. The third kappa shape index (κ3) is 3.98. The standard InChI is InChI=1S/C22H20O4Si/c1-17(23)25-27(26-18(2)24,20-13-7-4-8-14-20)22-16-10-9-15-21(22)19-11-5-3-6-12-19/h3-16H,1-2H3. The largest absolute Gasteiger partial charge is 0.535 e. The van der Waals surface area contributed by atoms with Crippen molar-refractivity contribution < 1.29 is 18.4 Å². The maximum atomic E-state index is 12.1. The summed E-state index contributed by atoms with van der Waals surface area (Å²) in [6, 6.07) is 26.6. The van der Waals surface area contributed by atoms with Gasteiger partial charge < -0.3 is 8.85 Å². The van der Waals surface area contributed by atoms with E-state index in [0.717, 1.165) is 11.1 Å². The van der Waals surface area contributed by atoms with Gasteiger partial charge in [-0.1, -0.05) is 84.9 Å². The molecule has 0 saturated heterocycles. The second kappa shape index (κ2) is 8.01. The maximum Gasteiger partial charge on any atom is 0.535 e. The molecule has 3 aromatic carbocycles. The van der Waals surface area contributed by atoms with Crippen molar-refractivity contribution in [3.05, 3.63) is 84.9 Å². The molecule has 4 nitrogen and oxygen atoms in total. The molecule has 0 heterocycles. The fourth-order valence-electron chi connectivity index (χ4n) is 3.11. The zero-order chi connectivity index (χ0) is 19.3. The molecular weight excluding hydrogens is 356 g/mol. The van der Waals surface area contributed by atoms with E-state index in [1.807, 2.05) is 84.9 Å². The monoisotopic (exact) mass is 376 g/mol. The summed E-state index contributed by atoms with van der Waals surface area (Å²) in [7, 11) is -3.60. The zero-order valence-corrected chi connectivity index (χ0v) is 16.2. The number of carbonyl (C=O) groups excluding carboxylic acids is 2. The van der Waals surface area contributed by atoms with Gasteiger partial charge in [0, 0.05) is 24.2 Å². The molecule has 0 spiro atoms. The topological polar surface area (TPSA) is 52.6 Å². The summed E-state index contributed by atoms with van der Waals surface area (Å²) in [6.07, 6.45) is 0. The van der Waals surface area contributed by atoms with Gasteiger partial charge in [-0.25, -0.2) is 0 Å². The lowest BCUT2D eigenvalue weighted by Gasteiger charge is -2.30. The SMILES string of the molecule is CC(=O)O[Si](OC(C)=O)(c1ccccc1)c1ccccc1-c1ccccc1. The van der Waals surface area contributed by atoms with Crippen LogP contribution < -0.4 is 10.4 Å².